The summed E-state index contributed by atoms with van der Waals surface area (Å²) in [7, 11) is 0. The molecule has 0 heterocycles. The van der Waals surface area contributed by atoms with E-state index < -0.39 is 0 Å². The Morgan fingerprint density at radius 2 is 1.90 bits per heavy atom. The second-order valence-electron chi connectivity index (χ2n) is 6.32. The van der Waals surface area contributed by atoms with Gasteiger partial charge in [-0.15, -0.1) is 0 Å². The van der Waals surface area contributed by atoms with E-state index in [1.165, 1.54) is 0 Å². The monoisotopic (exact) mass is 612 g/mol. The Bertz CT molecular complexity index is 1110. The number of carbonyl (C=O) groups is 1. The van der Waals surface area contributed by atoms with Crippen molar-refractivity contribution in [1.82, 2.24) is 5.43 Å². The molecule has 0 atom stereocenters. The van der Waals surface area contributed by atoms with Crippen LogP contribution in [0.25, 0.3) is 0 Å². The number of halogens is 3. The first-order chi connectivity index (χ1) is 15.0. The maximum absolute atomic E-state index is 12.3. The van der Waals surface area contributed by atoms with Crippen molar-refractivity contribution in [3.05, 3.63) is 90.4 Å². The lowest BCUT2D eigenvalue weighted by Crippen LogP contribution is -2.18. The Labute approximate surface area is 208 Å². The highest BCUT2D eigenvalue weighted by molar-refractivity contribution is 14.1. The zero-order valence-corrected chi connectivity index (χ0v) is 21.1. The van der Waals surface area contributed by atoms with Crippen molar-refractivity contribution in [3.63, 3.8) is 0 Å². The lowest BCUT2D eigenvalue weighted by atomic mass is 10.2. The maximum atomic E-state index is 12.3. The van der Waals surface area contributed by atoms with Gasteiger partial charge in [0.2, 0.25) is 0 Å². The van der Waals surface area contributed by atoms with Crippen LogP contribution in [0.2, 0.25) is 5.02 Å². The van der Waals surface area contributed by atoms with Crippen LogP contribution in [0.1, 0.15) is 28.4 Å². The molecule has 0 aromatic heterocycles. The van der Waals surface area contributed by atoms with Crippen molar-refractivity contribution in [1.29, 1.82) is 0 Å². The van der Waals surface area contributed by atoms with E-state index in [4.69, 9.17) is 21.1 Å². The Morgan fingerprint density at radius 3 is 2.65 bits per heavy atom. The van der Waals surface area contributed by atoms with Crippen LogP contribution in [0.4, 0.5) is 0 Å². The van der Waals surface area contributed by atoms with Crippen molar-refractivity contribution in [2.24, 2.45) is 5.10 Å². The number of hydrogen-bond donors (Lipinski definition) is 1. The first-order valence-corrected chi connectivity index (χ1v) is 11.6. The van der Waals surface area contributed by atoms with Crippen LogP contribution in [-0.4, -0.2) is 18.7 Å². The molecule has 0 saturated heterocycles. The summed E-state index contributed by atoms with van der Waals surface area (Å²) in [6.45, 7) is 2.71. The number of hydrazone groups is 1. The quantitative estimate of drug-likeness (QED) is 0.181. The molecule has 1 amide bonds. The summed E-state index contributed by atoms with van der Waals surface area (Å²) < 4.78 is 13.4. The molecule has 0 aliphatic heterocycles. The minimum Gasteiger partial charge on any atom is -0.490 e. The molecule has 0 radical (unpaired) electrons. The standard InChI is InChI=1S/C23H19BrClIN2O3/c1-2-30-21-12-15(13-27-28-23(29)17-8-4-5-9-18(17)24)11-20(26)22(21)31-14-16-7-3-6-10-19(16)25/h3-13H,2,14H2,1H3,(H,28,29)/b27-13-. The second kappa shape index (κ2) is 11.5. The molecule has 31 heavy (non-hydrogen) atoms. The van der Waals surface area contributed by atoms with Gasteiger partial charge in [0, 0.05) is 15.1 Å². The van der Waals surface area contributed by atoms with E-state index >= 15 is 0 Å². The summed E-state index contributed by atoms with van der Waals surface area (Å²) in [6.07, 6.45) is 1.57. The molecule has 3 aromatic carbocycles. The van der Waals surface area contributed by atoms with Crippen molar-refractivity contribution in [3.8, 4) is 11.5 Å². The average Bonchev–Trinajstić information content (AvgIpc) is 2.75. The molecule has 0 bridgehead atoms. The summed E-state index contributed by atoms with van der Waals surface area (Å²) in [6, 6.07) is 18.4. The fourth-order valence-electron chi connectivity index (χ4n) is 2.70. The largest absolute Gasteiger partial charge is 0.490 e. The molecular formula is C23H19BrClIN2O3. The van der Waals surface area contributed by atoms with Crippen LogP contribution < -0.4 is 14.9 Å². The van der Waals surface area contributed by atoms with Crippen LogP contribution in [0, 0.1) is 3.57 Å². The van der Waals surface area contributed by atoms with E-state index in [0.717, 1.165) is 14.7 Å². The number of rotatable bonds is 8. The zero-order chi connectivity index (χ0) is 22.2. The predicted molar refractivity (Wildman–Crippen MR) is 135 cm³/mol. The van der Waals surface area contributed by atoms with Crippen LogP contribution >= 0.6 is 50.1 Å². The van der Waals surface area contributed by atoms with Gasteiger partial charge in [-0.2, -0.15) is 5.10 Å². The molecule has 0 fully saturated rings. The lowest BCUT2D eigenvalue weighted by Gasteiger charge is -2.15. The van der Waals surface area contributed by atoms with Crippen molar-refractivity contribution >= 4 is 62.2 Å². The van der Waals surface area contributed by atoms with E-state index in [-0.39, 0.29) is 5.91 Å². The predicted octanol–water partition coefficient (Wildman–Crippen LogP) is 6.45. The molecule has 8 heteroatoms. The normalized spacial score (nSPS) is 10.8. The third kappa shape index (κ3) is 6.44. The molecule has 0 aliphatic carbocycles. The molecule has 0 saturated carbocycles. The summed E-state index contributed by atoms with van der Waals surface area (Å²) >= 11 is 11.8. The first kappa shape index (κ1) is 23.6. The lowest BCUT2D eigenvalue weighted by molar-refractivity contribution is 0.0954. The third-order valence-electron chi connectivity index (χ3n) is 4.16. The summed E-state index contributed by atoms with van der Waals surface area (Å²) in [5.74, 6) is 0.931. The number of nitrogens with one attached hydrogen (secondary N) is 1. The van der Waals surface area contributed by atoms with Gasteiger partial charge in [-0.1, -0.05) is 41.9 Å². The van der Waals surface area contributed by atoms with Crippen LogP contribution in [0.3, 0.4) is 0 Å². The minimum absolute atomic E-state index is 0.303. The molecule has 1 N–H and O–H groups in total. The number of nitrogens with zero attached hydrogens (tertiary/aromatic N) is 1. The summed E-state index contributed by atoms with van der Waals surface area (Å²) in [4.78, 5) is 12.3. The van der Waals surface area contributed by atoms with Crippen molar-refractivity contribution in [2.75, 3.05) is 6.61 Å². The van der Waals surface area contributed by atoms with Gasteiger partial charge in [-0.25, -0.2) is 5.43 Å². The average molecular weight is 614 g/mol. The highest BCUT2D eigenvalue weighted by Gasteiger charge is 2.13. The third-order valence-corrected chi connectivity index (χ3v) is 6.02. The minimum atomic E-state index is -0.303. The van der Waals surface area contributed by atoms with Gasteiger partial charge in [0.05, 0.1) is 22.0 Å². The molecule has 3 aromatic rings. The van der Waals surface area contributed by atoms with Gasteiger partial charge in [-0.05, 0) is 81.3 Å². The van der Waals surface area contributed by atoms with E-state index in [1.54, 1.807) is 24.4 Å². The van der Waals surface area contributed by atoms with Gasteiger partial charge in [0.1, 0.15) is 6.61 Å². The fraction of sp³-hybridized carbons (Fsp3) is 0.130. The molecule has 0 spiro atoms. The zero-order valence-electron chi connectivity index (χ0n) is 16.6. The SMILES string of the molecule is CCOc1cc(/C=N\NC(=O)c2ccccc2Br)cc(I)c1OCc1ccccc1Cl. The molecule has 5 nitrogen and oxygen atoms in total. The van der Waals surface area contributed by atoms with E-state index in [9.17, 15) is 4.79 Å². The Hall–Kier alpha value is -2.10. The van der Waals surface area contributed by atoms with Gasteiger partial charge in [0.15, 0.2) is 11.5 Å². The van der Waals surface area contributed by atoms with Crippen LogP contribution in [0.15, 0.2) is 70.2 Å². The molecular weight excluding hydrogens is 595 g/mol. The van der Waals surface area contributed by atoms with Gasteiger partial charge in [0.25, 0.3) is 5.91 Å². The fourth-order valence-corrected chi connectivity index (χ4v) is 4.14. The summed E-state index contributed by atoms with van der Waals surface area (Å²) in [5.41, 5.74) is 4.71. The molecule has 0 unspecified atom stereocenters. The molecule has 0 aliphatic rings. The van der Waals surface area contributed by atoms with Crippen molar-refractivity contribution < 1.29 is 14.3 Å². The van der Waals surface area contributed by atoms with Crippen LogP contribution in [-0.2, 0) is 6.61 Å². The molecule has 160 valence electrons. The Morgan fingerprint density at radius 1 is 1.16 bits per heavy atom. The van der Waals surface area contributed by atoms with E-state index in [0.29, 0.717) is 39.8 Å². The topological polar surface area (TPSA) is 59.9 Å². The molecule has 3 rings (SSSR count). The Balaban J connectivity index is 1.74. The number of carbonyl (C=O) groups excluding carboxylic acids is 1. The highest BCUT2D eigenvalue weighted by Crippen LogP contribution is 2.35. The smallest absolute Gasteiger partial charge is 0.272 e. The van der Waals surface area contributed by atoms with Gasteiger partial charge < -0.3 is 9.47 Å². The summed E-state index contributed by atoms with van der Waals surface area (Å²) in [5, 5.41) is 4.73. The Kier molecular flexibility index (Phi) is 8.74. The number of hydrogen-bond acceptors (Lipinski definition) is 4. The first-order valence-electron chi connectivity index (χ1n) is 9.40. The maximum Gasteiger partial charge on any atom is 0.272 e. The number of ether oxygens (including phenoxy) is 2. The second-order valence-corrected chi connectivity index (χ2v) is 8.75. The highest BCUT2D eigenvalue weighted by atomic mass is 127. The van der Waals surface area contributed by atoms with Gasteiger partial charge in [-0.3, -0.25) is 4.79 Å². The van der Waals surface area contributed by atoms with E-state index in [2.05, 4.69) is 49.0 Å². The van der Waals surface area contributed by atoms with E-state index in [1.807, 2.05) is 49.4 Å². The number of benzene rings is 3. The van der Waals surface area contributed by atoms with Gasteiger partial charge >= 0.3 is 0 Å². The van der Waals surface area contributed by atoms with Crippen LogP contribution in [0.5, 0.6) is 11.5 Å². The number of amides is 1. The van der Waals surface area contributed by atoms with Crippen molar-refractivity contribution in [2.45, 2.75) is 13.5 Å².